The first kappa shape index (κ1) is 15.5. The van der Waals surface area contributed by atoms with Gasteiger partial charge in [0.15, 0.2) is 23.4 Å². The van der Waals surface area contributed by atoms with Gasteiger partial charge in [0.25, 0.3) is 0 Å². The van der Waals surface area contributed by atoms with E-state index < -0.39 is 0 Å². The van der Waals surface area contributed by atoms with Crippen molar-refractivity contribution < 1.29 is 14.3 Å². The molecule has 1 fully saturated rings. The SMILES string of the molecule is CCNC1Cc2c(Br)cc(OC)c3c2[C@@]2(C)C1CCC(=O)[C@H]2O3. The van der Waals surface area contributed by atoms with Crippen molar-refractivity contribution in [1.29, 1.82) is 0 Å². The summed E-state index contributed by atoms with van der Waals surface area (Å²) in [6.07, 6.45) is 2.13. The molecule has 4 atom stereocenters. The van der Waals surface area contributed by atoms with Crippen molar-refractivity contribution in [3.63, 3.8) is 0 Å². The Morgan fingerprint density at radius 3 is 3.00 bits per heavy atom. The van der Waals surface area contributed by atoms with Gasteiger partial charge in [-0.2, -0.15) is 0 Å². The van der Waals surface area contributed by atoms with Crippen LogP contribution >= 0.6 is 15.9 Å². The highest BCUT2D eigenvalue weighted by Crippen LogP contribution is 2.60. The van der Waals surface area contributed by atoms with Crippen molar-refractivity contribution in [3.8, 4) is 11.5 Å². The van der Waals surface area contributed by atoms with Crippen molar-refractivity contribution in [2.24, 2.45) is 5.92 Å². The van der Waals surface area contributed by atoms with Crippen LogP contribution in [0.15, 0.2) is 10.5 Å². The number of likely N-dealkylation sites (N-methyl/N-ethyl adjacent to an activating group) is 1. The van der Waals surface area contributed by atoms with E-state index in [-0.39, 0.29) is 17.3 Å². The Bertz CT molecular complexity index is 689. The molecule has 1 aromatic rings. The van der Waals surface area contributed by atoms with Crippen LogP contribution in [0, 0.1) is 5.92 Å². The fourth-order valence-electron chi connectivity index (χ4n) is 5.02. The molecule has 4 rings (SSSR count). The lowest BCUT2D eigenvalue weighted by molar-refractivity contribution is -0.133. The standard InChI is InChI=1S/C18H22BrNO3/c1-4-20-12-7-9-11(19)8-14(22-3)16-15(9)18(2)10(12)5-6-13(21)17(18)23-16/h8,10,12,17,20H,4-7H2,1-3H3/t10?,12?,17-,18-/m1/s1. The number of carbonyl (C=O) groups excluding carboxylic acids is 1. The zero-order valence-corrected chi connectivity index (χ0v) is 15.3. The summed E-state index contributed by atoms with van der Waals surface area (Å²) in [6.45, 7) is 5.29. The molecule has 1 N–H and O–H groups in total. The Hall–Kier alpha value is -1.07. The molecule has 1 saturated carbocycles. The first-order chi connectivity index (χ1) is 11.0. The van der Waals surface area contributed by atoms with Gasteiger partial charge in [-0.3, -0.25) is 4.79 Å². The molecule has 124 valence electrons. The number of Topliss-reactive ketones (excluding diaryl/α,β-unsaturated/α-hetero) is 1. The summed E-state index contributed by atoms with van der Waals surface area (Å²) in [7, 11) is 1.65. The van der Waals surface area contributed by atoms with E-state index in [1.54, 1.807) is 7.11 Å². The van der Waals surface area contributed by atoms with Crippen molar-refractivity contribution >= 4 is 21.7 Å². The molecule has 23 heavy (non-hydrogen) atoms. The van der Waals surface area contributed by atoms with Gasteiger partial charge >= 0.3 is 0 Å². The number of carbonyl (C=O) groups is 1. The van der Waals surface area contributed by atoms with Gasteiger partial charge in [-0.15, -0.1) is 0 Å². The van der Waals surface area contributed by atoms with Crippen LogP contribution in [-0.2, 0) is 16.6 Å². The van der Waals surface area contributed by atoms with E-state index in [1.807, 2.05) is 6.07 Å². The van der Waals surface area contributed by atoms with Crippen LogP contribution in [0.3, 0.4) is 0 Å². The zero-order chi connectivity index (χ0) is 16.4. The zero-order valence-electron chi connectivity index (χ0n) is 13.7. The highest BCUT2D eigenvalue weighted by Gasteiger charge is 2.61. The van der Waals surface area contributed by atoms with E-state index in [1.165, 1.54) is 11.1 Å². The number of hydrogen-bond acceptors (Lipinski definition) is 4. The van der Waals surface area contributed by atoms with Crippen LogP contribution in [0.1, 0.15) is 37.8 Å². The molecule has 5 heteroatoms. The smallest absolute Gasteiger partial charge is 0.174 e. The molecular formula is C18H22BrNO3. The van der Waals surface area contributed by atoms with Crippen LogP contribution in [0.2, 0.25) is 0 Å². The Kier molecular flexibility index (Phi) is 3.50. The maximum Gasteiger partial charge on any atom is 0.174 e. The number of ketones is 1. The van der Waals surface area contributed by atoms with Gasteiger partial charge in [-0.05, 0) is 36.9 Å². The molecule has 0 aromatic heterocycles. The van der Waals surface area contributed by atoms with E-state index in [9.17, 15) is 4.79 Å². The molecule has 0 bridgehead atoms. The third kappa shape index (κ3) is 1.89. The maximum atomic E-state index is 12.6. The molecule has 0 saturated heterocycles. The van der Waals surface area contributed by atoms with E-state index in [0.29, 0.717) is 18.4 Å². The predicted octanol–water partition coefficient (Wildman–Crippen LogP) is 2.99. The average Bonchev–Trinajstić information content (AvgIpc) is 2.84. The molecule has 1 heterocycles. The first-order valence-electron chi connectivity index (χ1n) is 8.34. The molecule has 2 unspecified atom stereocenters. The Morgan fingerprint density at radius 2 is 2.30 bits per heavy atom. The Balaban J connectivity index is 1.97. The average molecular weight is 380 g/mol. The van der Waals surface area contributed by atoms with E-state index in [2.05, 4.69) is 35.1 Å². The summed E-state index contributed by atoms with van der Waals surface area (Å²) in [6, 6.07) is 2.36. The summed E-state index contributed by atoms with van der Waals surface area (Å²) in [5.74, 6) is 2.15. The highest BCUT2D eigenvalue weighted by atomic mass is 79.9. The molecule has 1 aliphatic heterocycles. The minimum atomic E-state index is -0.375. The lowest BCUT2D eigenvalue weighted by Gasteiger charge is -2.49. The molecule has 3 aliphatic rings. The van der Waals surface area contributed by atoms with Gasteiger partial charge in [-0.25, -0.2) is 0 Å². The topological polar surface area (TPSA) is 47.6 Å². The maximum absolute atomic E-state index is 12.6. The number of ether oxygens (including phenoxy) is 2. The van der Waals surface area contributed by atoms with Gasteiger partial charge in [0.1, 0.15) is 0 Å². The Morgan fingerprint density at radius 1 is 1.52 bits per heavy atom. The molecule has 2 aliphatic carbocycles. The van der Waals surface area contributed by atoms with E-state index >= 15 is 0 Å². The van der Waals surface area contributed by atoms with Gasteiger partial charge in [0, 0.05) is 27.9 Å². The fraction of sp³-hybridized carbons (Fsp3) is 0.611. The van der Waals surface area contributed by atoms with Crippen LogP contribution in [0.25, 0.3) is 0 Å². The highest BCUT2D eigenvalue weighted by molar-refractivity contribution is 9.10. The van der Waals surface area contributed by atoms with Crippen LogP contribution < -0.4 is 14.8 Å². The lowest BCUT2D eigenvalue weighted by Crippen LogP contribution is -2.59. The van der Waals surface area contributed by atoms with Gasteiger partial charge in [0.05, 0.1) is 7.11 Å². The lowest BCUT2D eigenvalue weighted by atomic mass is 9.56. The number of nitrogens with one attached hydrogen (secondary N) is 1. The minimum absolute atomic E-state index is 0.223. The second kappa shape index (κ2) is 5.21. The summed E-state index contributed by atoms with van der Waals surface area (Å²) >= 11 is 3.71. The van der Waals surface area contributed by atoms with Gasteiger partial charge in [-0.1, -0.05) is 29.8 Å². The molecular weight excluding hydrogens is 358 g/mol. The number of halogens is 1. The van der Waals surface area contributed by atoms with Crippen LogP contribution in [0.5, 0.6) is 11.5 Å². The largest absolute Gasteiger partial charge is 0.493 e. The monoisotopic (exact) mass is 379 g/mol. The van der Waals surface area contributed by atoms with Gasteiger partial charge < -0.3 is 14.8 Å². The van der Waals surface area contributed by atoms with Gasteiger partial charge in [0.2, 0.25) is 0 Å². The van der Waals surface area contributed by atoms with Crippen LogP contribution in [0.4, 0.5) is 0 Å². The molecule has 0 radical (unpaired) electrons. The van der Waals surface area contributed by atoms with Crippen molar-refractivity contribution in [3.05, 3.63) is 21.7 Å². The number of methoxy groups -OCH3 is 1. The van der Waals surface area contributed by atoms with Crippen molar-refractivity contribution in [2.75, 3.05) is 13.7 Å². The molecule has 4 nitrogen and oxygen atoms in total. The first-order valence-corrected chi connectivity index (χ1v) is 9.14. The molecule has 1 aromatic carbocycles. The van der Waals surface area contributed by atoms with Crippen LogP contribution in [-0.4, -0.2) is 31.6 Å². The fourth-order valence-corrected chi connectivity index (χ4v) is 5.59. The number of hydrogen-bond donors (Lipinski definition) is 1. The summed E-state index contributed by atoms with van der Waals surface area (Å²) in [5, 5.41) is 3.65. The second-order valence-electron chi connectivity index (χ2n) is 7.00. The summed E-state index contributed by atoms with van der Waals surface area (Å²) in [4.78, 5) is 12.6. The quantitative estimate of drug-likeness (QED) is 0.876. The van der Waals surface area contributed by atoms with Crippen molar-refractivity contribution in [2.45, 2.75) is 50.7 Å². The van der Waals surface area contributed by atoms with E-state index in [0.717, 1.165) is 35.4 Å². The molecule has 0 amide bonds. The third-order valence-electron chi connectivity index (χ3n) is 5.98. The number of rotatable bonds is 3. The molecule has 0 spiro atoms. The number of benzene rings is 1. The van der Waals surface area contributed by atoms with Crippen molar-refractivity contribution in [1.82, 2.24) is 5.32 Å². The summed E-state index contributed by atoms with van der Waals surface area (Å²) < 4.78 is 12.8. The predicted molar refractivity (Wildman–Crippen MR) is 91.4 cm³/mol. The minimum Gasteiger partial charge on any atom is -0.493 e. The summed E-state index contributed by atoms with van der Waals surface area (Å²) in [5.41, 5.74) is 2.20. The Labute approximate surface area is 145 Å². The normalized spacial score (nSPS) is 34.1. The third-order valence-corrected chi connectivity index (χ3v) is 6.69. The second-order valence-corrected chi connectivity index (χ2v) is 7.86. The van der Waals surface area contributed by atoms with E-state index in [4.69, 9.17) is 9.47 Å².